The second kappa shape index (κ2) is 10.3. The van der Waals surface area contributed by atoms with Crippen molar-refractivity contribution in [3.63, 3.8) is 0 Å². The quantitative estimate of drug-likeness (QED) is 0.340. The Bertz CT molecular complexity index is 1110. The lowest BCUT2D eigenvalue weighted by Gasteiger charge is -2.23. The van der Waals surface area contributed by atoms with Gasteiger partial charge in [-0.2, -0.15) is 13.2 Å². The maximum Gasteiger partial charge on any atom is 0.416 e. The third kappa shape index (κ3) is 6.19. The number of rotatable bonds is 9. The van der Waals surface area contributed by atoms with E-state index in [1.54, 1.807) is 29.0 Å². The Kier molecular flexibility index (Phi) is 7.49. The van der Waals surface area contributed by atoms with Crippen molar-refractivity contribution < 1.29 is 27.6 Å². The third-order valence-corrected chi connectivity index (χ3v) is 5.06. The minimum absolute atomic E-state index is 0.120. The molecule has 7 nitrogen and oxygen atoms in total. The SMILES string of the molecule is COCCN(Cc1cccn1Cc1cccc(C(F)(F)F)c1)C(=O)c1ccc([N+](=O)[O-])cc1. The standard InChI is InChI=1S/C23H22F3N3O4/c1-33-13-12-28(22(30)18-7-9-20(10-8-18)29(31)32)16-21-6-3-11-27(21)15-17-4-2-5-19(14-17)23(24,25)26/h2-11,14H,12-13,15-16H2,1H3. The van der Waals surface area contributed by atoms with Crippen LogP contribution in [0.1, 0.15) is 27.2 Å². The number of hydrogen-bond donors (Lipinski definition) is 0. The number of methoxy groups -OCH3 is 1. The van der Waals surface area contributed by atoms with Crippen molar-refractivity contribution >= 4 is 11.6 Å². The van der Waals surface area contributed by atoms with Gasteiger partial charge >= 0.3 is 6.18 Å². The number of non-ortho nitro benzene ring substituents is 1. The van der Waals surface area contributed by atoms with Gasteiger partial charge in [-0.25, -0.2) is 0 Å². The number of alkyl halides is 3. The smallest absolute Gasteiger partial charge is 0.383 e. The molecule has 10 heteroatoms. The van der Waals surface area contributed by atoms with Gasteiger partial charge in [0, 0.05) is 49.8 Å². The zero-order valence-corrected chi connectivity index (χ0v) is 17.8. The summed E-state index contributed by atoms with van der Waals surface area (Å²) >= 11 is 0. The number of amides is 1. The van der Waals surface area contributed by atoms with Crippen LogP contribution in [-0.4, -0.2) is 40.6 Å². The van der Waals surface area contributed by atoms with E-state index in [1.807, 2.05) is 0 Å². The average molecular weight is 461 g/mol. The summed E-state index contributed by atoms with van der Waals surface area (Å²) in [5, 5.41) is 10.9. The van der Waals surface area contributed by atoms with E-state index >= 15 is 0 Å². The van der Waals surface area contributed by atoms with Crippen molar-refractivity contribution in [3.8, 4) is 0 Å². The highest BCUT2D eigenvalue weighted by atomic mass is 19.4. The van der Waals surface area contributed by atoms with Crippen LogP contribution in [0.3, 0.4) is 0 Å². The van der Waals surface area contributed by atoms with Crippen LogP contribution < -0.4 is 0 Å². The first-order valence-corrected chi connectivity index (χ1v) is 10.0. The first-order valence-electron chi connectivity index (χ1n) is 10.0. The number of ether oxygens (including phenoxy) is 1. The van der Waals surface area contributed by atoms with Gasteiger partial charge in [-0.1, -0.05) is 12.1 Å². The lowest BCUT2D eigenvalue weighted by Crippen LogP contribution is -2.34. The summed E-state index contributed by atoms with van der Waals surface area (Å²) in [7, 11) is 1.50. The van der Waals surface area contributed by atoms with E-state index in [1.165, 1.54) is 42.3 Å². The van der Waals surface area contributed by atoms with Gasteiger partial charge in [0.2, 0.25) is 0 Å². The molecule has 0 saturated carbocycles. The molecule has 3 aromatic rings. The Labute approximate surface area is 188 Å². The lowest BCUT2D eigenvalue weighted by molar-refractivity contribution is -0.384. The molecule has 0 fully saturated rings. The van der Waals surface area contributed by atoms with Crippen LogP contribution in [0.5, 0.6) is 0 Å². The van der Waals surface area contributed by atoms with E-state index in [9.17, 15) is 28.1 Å². The van der Waals surface area contributed by atoms with E-state index < -0.39 is 16.7 Å². The number of aromatic nitrogens is 1. The fraction of sp³-hybridized carbons (Fsp3) is 0.261. The van der Waals surface area contributed by atoms with E-state index in [2.05, 4.69) is 0 Å². The minimum atomic E-state index is -4.43. The summed E-state index contributed by atoms with van der Waals surface area (Å²) in [4.78, 5) is 24.9. The summed E-state index contributed by atoms with van der Waals surface area (Å²) in [6.45, 7) is 0.926. The fourth-order valence-electron chi connectivity index (χ4n) is 3.35. The second-order valence-electron chi connectivity index (χ2n) is 7.35. The summed E-state index contributed by atoms with van der Waals surface area (Å²) in [6, 6.07) is 14.0. The maximum absolute atomic E-state index is 13.0. The van der Waals surface area contributed by atoms with Gasteiger partial charge < -0.3 is 14.2 Å². The van der Waals surface area contributed by atoms with Crippen molar-refractivity contribution in [1.82, 2.24) is 9.47 Å². The number of halogens is 3. The molecule has 0 aliphatic heterocycles. The highest BCUT2D eigenvalue weighted by Crippen LogP contribution is 2.29. The second-order valence-corrected chi connectivity index (χ2v) is 7.35. The van der Waals surface area contributed by atoms with E-state index in [4.69, 9.17) is 4.74 Å². The number of nitro benzene ring substituents is 1. The highest BCUT2D eigenvalue weighted by molar-refractivity contribution is 5.94. The molecule has 33 heavy (non-hydrogen) atoms. The van der Waals surface area contributed by atoms with Crippen LogP contribution in [-0.2, 0) is 24.0 Å². The number of carbonyl (C=O) groups excluding carboxylic acids is 1. The fourth-order valence-corrected chi connectivity index (χ4v) is 3.35. The van der Waals surface area contributed by atoms with Crippen molar-refractivity contribution in [2.45, 2.75) is 19.3 Å². The van der Waals surface area contributed by atoms with Crippen LogP contribution in [0, 0.1) is 10.1 Å². The van der Waals surface area contributed by atoms with Gasteiger partial charge in [-0.05, 0) is 42.0 Å². The van der Waals surface area contributed by atoms with Crippen LogP contribution in [0.2, 0.25) is 0 Å². The molecule has 1 heterocycles. The Morgan fingerprint density at radius 2 is 1.85 bits per heavy atom. The predicted molar refractivity (Wildman–Crippen MR) is 115 cm³/mol. The van der Waals surface area contributed by atoms with Crippen LogP contribution in [0.25, 0.3) is 0 Å². The Balaban J connectivity index is 1.80. The third-order valence-electron chi connectivity index (χ3n) is 5.06. The normalized spacial score (nSPS) is 11.4. The summed E-state index contributed by atoms with van der Waals surface area (Å²) < 4.78 is 46.0. The zero-order chi connectivity index (χ0) is 24.0. The van der Waals surface area contributed by atoms with Crippen LogP contribution in [0.4, 0.5) is 18.9 Å². The average Bonchev–Trinajstić information content (AvgIpc) is 3.22. The van der Waals surface area contributed by atoms with Gasteiger partial charge in [0.1, 0.15) is 0 Å². The molecule has 0 radical (unpaired) electrons. The summed E-state index contributed by atoms with van der Waals surface area (Å²) in [5.74, 6) is -0.339. The Morgan fingerprint density at radius 1 is 1.12 bits per heavy atom. The molecule has 3 rings (SSSR count). The van der Waals surface area contributed by atoms with E-state index in [-0.39, 0.29) is 43.4 Å². The summed E-state index contributed by atoms with van der Waals surface area (Å²) in [6.07, 6.45) is -2.69. The Morgan fingerprint density at radius 3 is 2.48 bits per heavy atom. The molecule has 0 bridgehead atoms. The summed E-state index contributed by atoms with van der Waals surface area (Å²) in [5.41, 5.74) is 0.646. The van der Waals surface area contributed by atoms with Gasteiger partial charge in [0.05, 0.1) is 23.6 Å². The van der Waals surface area contributed by atoms with Gasteiger partial charge in [0.25, 0.3) is 11.6 Å². The molecule has 0 aliphatic carbocycles. The minimum Gasteiger partial charge on any atom is -0.383 e. The monoisotopic (exact) mass is 461 g/mol. The van der Waals surface area contributed by atoms with Gasteiger partial charge in [-0.15, -0.1) is 0 Å². The molecule has 1 amide bonds. The van der Waals surface area contributed by atoms with Crippen molar-refractivity contribution in [2.24, 2.45) is 0 Å². The zero-order valence-electron chi connectivity index (χ0n) is 17.8. The molecule has 174 valence electrons. The Hall–Kier alpha value is -3.66. The molecular weight excluding hydrogens is 439 g/mol. The van der Waals surface area contributed by atoms with Crippen molar-refractivity contribution in [2.75, 3.05) is 20.3 Å². The molecule has 1 aromatic heterocycles. The molecule has 0 unspecified atom stereocenters. The molecule has 0 spiro atoms. The van der Waals surface area contributed by atoms with Gasteiger partial charge in [-0.3, -0.25) is 14.9 Å². The number of nitrogens with zero attached hydrogens (tertiary/aromatic N) is 3. The molecular formula is C23H22F3N3O4. The predicted octanol–water partition coefficient (Wildman–Crippen LogP) is 4.75. The molecule has 0 atom stereocenters. The largest absolute Gasteiger partial charge is 0.416 e. The van der Waals surface area contributed by atoms with E-state index in [0.717, 1.165) is 17.8 Å². The first kappa shape index (κ1) is 24.0. The topological polar surface area (TPSA) is 77.6 Å². The van der Waals surface area contributed by atoms with Crippen LogP contribution in [0.15, 0.2) is 66.9 Å². The molecule has 0 N–H and O–H groups in total. The maximum atomic E-state index is 13.0. The van der Waals surface area contributed by atoms with Crippen molar-refractivity contribution in [3.05, 3.63) is 99.4 Å². The van der Waals surface area contributed by atoms with Crippen molar-refractivity contribution in [1.29, 1.82) is 0 Å². The number of carbonyl (C=O) groups is 1. The highest BCUT2D eigenvalue weighted by Gasteiger charge is 2.30. The molecule has 2 aromatic carbocycles. The van der Waals surface area contributed by atoms with Gasteiger partial charge in [0.15, 0.2) is 0 Å². The number of benzene rings is 2. The van der Waals surface area contributed by atoms with E-state index in [0.29, 0.717) is 5.56 Å². The first-order chi connectivity index (χ1) is 15.7. The van der Waals surface area contributed by atoms with Crippen LogP contribution >= 0.6 is 0 Å². The lowest BCUT2D eigenvalue weighted by atomic mass is 10.1. The molecule has 0 aliphatic rings. The molecule has 0 saturated heterocycles. The number of hydrogen-bond acceptors (Lipinski definition) is 4. The number of nitro groups is 1.